The number of carbonyl (C=O) groups is 2. The van der Waals surface area contributed by atoms with Gasteiger partial charge in [0, 0.05) is 23.4 Å². The highest BCUT2D eigenvalue weighted by atomic mass is 16.5. The molecule has 160 valence electrons. The zero-order valence-corrected chi connectivity index (χ0v) is 17.0. The molecule has 0 spiro atoms. The summed E-state index contributed by atoms with van der Waals surface area (Å²) < 4.78 is 0. The molecule has 0 bridgehead atoms. The van der Waals surface area contributed by atoms with Gasteiger partial charge in [0.25, 0.3) is 11.8 Å². The molecule has 32 heavy (non-hydrogen) atoms. The van der Waals surface area contributed by atoms with Gasteiger partial charge in [0.05, 0.1) is 0 Å². The monoisotopic (exact) mass is 427 g/mol. The molecule has 0 aliphatic rings. The molecule has 0 aliphatic heterocycles. The van der Waals surface area contributed by atoms with Crippen LogP contribution in [0.5, 0.6) is 5.75 Å². The van der Waals surface area contributed by atoms with Gasteiger partial charge in [0.1, 0.15) is 11.4 Å². The predicted octanol–water partition coefficient (Wildman–Crippen LogP) is 4.10. The second kappa shape index (κ2) is 9.20. The first-order valence-electron chi connectivity index (χ1n) is 9.94. The summed E-state index contributed by atoms with van der Waals surface area (Å²) in [6.07, 6.45) is 0. The summed E-state index contributed by atoms with van der Waals surface area (Å²) in [5.41, 5.74) is 6.38. The number of H-pyrrole nitrogens is 1. The molecule has 5 N–H and O–H groups in total. The molecule has 0 unspecified atom stereocenters. The number of hydrogen-bond acceptors (Lipinski definition) is 4. The maximum absolute atomic E-state index is 13.1. The van der Waals surface area contributed by atoms with E-state index in [2.05, 4.69) is 10.3 Å². The Bertz CT molecular complexity index is 1230. The van der Waals surface area contributed by atoms with E-state index in [9.17, 15) is 14.7 Å². The van der Waals surface area contributed by atoms with E-state index in [0.29, 0.717) is 11.3 Å². The van der Waals surface area contributed by atoms with Gasteiger partial charge in [-0.3, -0.25) is 14.8 Å². The molecule has 4 aromatic rings. The summed E-state index contributed by atoms with van der Waals surface area (Å²) >= 11 is 0. The van der Waals surface area contributed by atoms with E-state index >= 15 is 0 Å². The van der Waals surface area contributed by atoms with Crippen molar-refractivity contribution in [2.75, 3.05) is 0 Å². The number of phenols is 1. The summed E-state index contributed by atoms with van der Waals surface area (Å²) in [6, 6.07) is 24.8. The molecular weight excluding hydrogens is 406 g/mol. The number of benzene rings is 3. The van der Waals surface area contributed by atoms with Crippen molar-refractivity contribution in [3.8, 4) is 28.1 Å². The first kappa shape index (κ1) is 20.9. The lowest BCUT2D eigenvalue weighted by Gasteiger charge is -2.08. The summed E-state index contributed by atoms with van der Waals surface area (Å²) in [4.78, 5) is 27.7. The molecule has 0 aliphatic carbocycles. The minimum atomic E-state index is -0.598. The Morgan fingerprint density at radius 1 is 0.812 bits per heavy atom. The maximum Gasteiger partial charge on any atom is 0.274 e. The minimum Gasteiger partial charge on any atom is -0.508 e. The molecule has 7 heteroatoms. The Morgan fingerprint density at radius 2 is 1.50 bits per heavy atom. The van der Waals surface area contributed by atoms with Gasteiger partial charge in [-0.1, -0.05) is 54.6 Å². The highest BCUT2D eigenvalue weighted by molar-refractivity contribution is 6.00. The van der Waals surface area contributed by atoms with Gasteiger partial charge >= 0.3 is 0 Å². The van der Waals surface area contributed by atoms with E-state index in [1.807, 2.05) is 36.4 Å². The lowest BCUT2D eigenvalue weighted by Crippen LogP contribution is -2.24. The van der Waals surface area contributed by atoms with Crippen LogP contribution in [0.4, 0.5) is 0 Å². The molecule has 0 saturated carbocycles. The molecule has 0 radical (unpaired) electrons. The standard InChI is InChI=1S/C25H21N3O4/c29-20-12-10-17(11-13-20)21-14-22(18-4-2-1-3-5-18)27-23(21)25(31)26-15-16-6-8-19(9-7-16)24(30)28-32/h1-14,27,29,32H,15H2,(H,26,31)(H,28,30). The lowest BCUT2D eigenvalue weighted by molar-refractivity contribution is 0.0706. The van der Waals surface area contributed by atoms with Crippen LogP contribution in [0.25, 0.3) is 22.4 Å². The van der Waals surface area contributed by atoms with Crippen molar-refractivity contribution in [2.24, 2.45) is 0 Å². The van der Waals surface area contributed by atoms with Gasteiger partial charge in [0.2, 0.25) is 0 Å². The molecule has 3 aromatic carbocycles. The van der Waals surface area contributed by atoms with Crippen LogP contribution in [-0.4, -0.2) is 27.1 Å². The van der Waals surface area contributed by atoms with Gasteiger partial charge in [-0.2, -0.15) is 0 Å². The van der Waals surface area contributed by atoms with Crippen LogP contribution < -0.4 is 10.8 Å². The fraction of sp³-hybridized carbons (Fsp3) is 0.0400. The normalized spacial score (nSPS) is 10.5. The maximum atomic E-state index is 13.1. The van der Waals surface area contributed by atoms with E-state index in [1.54, 1.807) is 54.0 Å². The number of carbonyl (C=O) groups excluding carboxylic acids is 2. The molecule has 4 rings (SSSR count). The van der Waals surface area contributed by atoms with Crippen LogP contribution in [0.15, 0.2) is 84.9 Å². The van der Waals surface area contributed by atoms with E-state index < -0.39 is 5.91 Å². The molecule has 0 saturated heterocycles. The topological polar surface area (TPSA) is 114 Å². The number of amides is 2. The van der Waals surface area contributed by atoms with Crippen LogP contribution in [0.2, 0.25) is 0 Å². The Kier molecular flexibility index (Phi) is 6.00. The Morgan fingerprint density at radius 3 is 2.16 bits per heavy atom. The average molecular weight is 427 g/mol. The number of phenolic OH excluding ortho intramolecular Hbond substituents is 1. The second-order valence-electron chi connectivity index (χ2n) is 7.21. The van der Waals surface area contributed by atoms with Crippen molar-refractivity contribution in [1.29, 1.82) is 0 Å². The summed E-state index contributed by atoms with van der Waals surface area (Å²) in [6.45, 7) is 0.258. The van der Waals surface area contributed by atoms with Crippen LogP contribution in [0.3, 0.4) is 0 Å². The largest absolute Gasteiger partial charge is 0.508 e. The van der Waals surface area contributed by atoms with Gasteiger partial charge < -0.3 is 15.4 Å². The highest BCUT2D eigenvalue weighted by Crippen LogP contribution is 2.30. The molecule has 1 heterocycles. The van der Waals surface area contributed by atoms with Gasteiger partial charge in [-0.05, 0) is 47.0 Å². The average Bonchev–Trinajstić information content (AvgIpc) is 3.29. The Balaban J connectivity index is 1.59. The molecule has 2 amide bonds. The van der Waals surface area contributed by atoms with Gasteiger partial charge in [0.15, 0.2) is 0 Å². The van der Waals surface area contributed by atoms with Crippen molar-refractivity contribution in [1.82, 2.24) is 15.8 Å². The van der Waals surface area contributed by atoms with Crippen LogP contribution in [0.1, 0.15) is 26.4 Å². The quantitative estimate of drug-likeness (QED) is 0.235. The van der Waals surface area contributed by atoms with Crippen molar-refractivity contribution >= 4 is 11.8 Å². The zero-order valence-electron chi connectivity index (χ0n) is 17.0. The molecule has 1 aromatic heterocycles. The predicted molar refractivity (Wildman–Crippen MR) is 120 cm³/mol. The Hall–Kier alpha value is -4.36. The number of aromatic hydroxyl groups is 1. The molecule has 0 atom stereocenters. The van der Waals surface area contributed by atoms with Crippen LogP contribution >= 0.6 is 0 Å². The van der Waals surface area contributed by atoms with Crippen molar-refractivity contribution in [3.05, 3.63) is 102 Å². The third kappa shape index (κ3) is 4.53. The summed E-state index contributed by atoms with van der Waals surface area (Å²) in [5.74, 6) is -0.733. The lowest BCUT2D eigenvalue weighted by atomic mass is 10.0. The van der Waals surface area contributed by atoms with E-state index in [-0.39, 0.29) is 18.2 Å². The smallest absolute Gasteiger partial charge is 0.274 e. The van der Waals surface area contributed by atoms with Gasteiger partial charge in [-0.15, -0.1) is 0 Å². The first-order chi connectivity index (χ1) is 15.5. The number of hydroxylamine groups is 1. The van der Waals surface area contributed by atoms with E-state index in [1.165, 1.54) is 0 Å². The number of nitrogens with one attached hydrogen (secondary N) is 3. The number of rotatable bonds is 6. The van der Waals surface area contributed by atoms with Crippen molar-refractivity contribution in [3.63, 3.8) is 0 Å². The first-order valence-corrected chi connectivity index (χ1v) is 9.94. The number of aromatic nitrogens is 1. The summed E-state index contributed by atoms with van der Waals surface area (Å²) in [5, 5.41) is 21.2. The molecule has 0 fully saturated rings. The fourth-order valence-electron chi connectivity index (χ4n) is 3.38. The highest BCUT2D eigenvalue weighted by Gasteiger charge is 2.18. The number of hydrogen-bond donors (Lipinski definition) is 5. The van der Waals surface area contributed by atoms with Crippen LogP contribution in [-0.2, 0) is 6.54 Å². The van der Waals surface area contributed by atoms with Gasteiger partial charge in [-0.25, -0.2) is 5.48 Å². The van der Waals surface area contributed by atoms with Crippen molar-refractivity contribution in [2.45, 2.75) is 6.54 Å². The SMILES string of the molecule is O=C(NO)c1ccc(CNC(=O)c2[nH]c(-c3ccccc3)cc2-c2ccc(O)cc2)cc1. The number of aromatic amines is 1. The minimum absolute atomic E-state index is 0.150. The third-order valence-corrected chi connectivity index (χ3v) is 5.08. The van der Waals surface area contributed by atoms with Crippen LogP contribution in [0, 0.1) is 0 Å². The fourth-order valence-corrected chi connectivity index (χ4v) is 3.38. The molecule has 7 nitrogen and oxygen atoms in total. The van der Waals surface area contributed by atoms with E-state index in [4.69, 9.17) is 5.21 Å². The van der Waals surface area contributed by atoms with Crippen molar-refractivity contribution < 1.29 is 19.9 Å². The second-order valence-corrected chi connectivity index (χ2v) is 7.21. The summed E-state index contributed by atoms with van der Waals surface area (Å²) in [7, 11) is 0. The van der Waals surface area contributed by atoms with E-state index in [0.717, 1.165) is 27.9 Å². The zero-order chi connectivity index (χ0) is 22.5. The Labute approximate surface area is 184 Å². The third-order valence-electron chi connectivity index (χ3n) is 5.08. The molecular formula is C25H21N3O4.